The molecule has 0 bridgehead atoms. The molecule has 8 heteroatoms. The van der Waals surface area contributed by atoms with Crippen molar-refractivity contribution >= 4 is 95.6 Å². The smallest absolute Gasteiger partial charge is 0.152 e. The fraction of sp³-hybridized carbons (Fsp3) is 0.143. The number of rotatable bonds is 1. The summed E-state index contributed by atoms with van der Waals surface area (Å²) in [5, 5.41) is 0. The standard InChI is InChI=1S/2C7H4Br3F/c8-5-2-7(10)6(9)1-4(5)3-11;1-3-2-4(8)7(11)6(10)5(3)9/h1-2H,3H2;2H,1H3. The van der Waals surface area contributed by atoms with Crippen molar-refractivity contribution in [2.24, 2.45) is 0 Å². The first-order valence-electron chi connectivity index (χ1n) is 5.68. The Morgan fingerprint density at radius 2 is 1.32 bits per heavy atom. The van der Waals surface area contributed by atoms with Gasteiger partial charge >= 0.3 is 0 Å². The number of hydrogen-bond acceptors (Lipinski definition) is 0. The van der Waals surface area contributed by atoms with Crippen molar-refractivity contribution < 1.29 is 8.78 Å². The van der Waals surface area contributed by atoms with Crippen LogP contribution in [0.1, 0.15) is 11.1 Å². The maximum atomic E-state index is 13.0. The van der Waals surface area contributed by atoms with Gasteiger partial charge in [-0.25, -0.2) is 8.78 Å². The quantitative estimate of drug-likeness (QED) is 0.207. The maximum absolute atomic E-state index is 13.0. The predicted molar refractivity (Wildman–Crippen MR) is 109 cm³/mol. The SMILES string of the molecule is Cc1cc(Br)c(F)c(Br)c1Br.FCc1cc(Br)c(Br)cc1Br. The molecule has 0 fully saturated rings. The molecule has 0 aliphatic rings. The zero-order chi connectivity index (χ0) is 17.0. The van der Waals surface area contributed by atoms with Gasteiger partial charge in [0.2, 0.25) is 0 Å². The molecule has 0 heterocycles. The fourth-order valence-corrected chi connectivity index (χ4v) is 4.47. The van der Waals surface area contributed by atoms with Crippen LogP contribution in [0, 0.1) is 12.7 Å². The van der Waals surface area contributed by atoms with Gasteiger partial charge in [0.05, 0.1) is 8.95 Å². The van der Waals surface area contributed by atoms with E-state index in [1.165, 1.54) is 0 Å². The van der Waals surface area contributed by atoms with Gasteiger partial charge in [-0.2, -0.15) is 0 Å². The molecule has 0 nitrogen and oxygen atoms in total. The number of alkyl halides is 1. The van der Waals surface area contributed by atoms with E-state index in [0.717, 1.165) is 23.5 Å². The highest BCUT2D eigenvalue weighted by molar-refractivity contribution is 9.13. The molecule has 2 aromatic carbocycles. The number of benzene rings is 2. The minimum atomic E-state index is -0.452. The highest BCUT2D eigenvalue weighted by Crippen LogP contribution is 2.33. The summed E-state index contributed by atoms with van der Waals surface area (Å²) in [6.45, 7) is 1.45. The van der Waals surface area contributed by atoms with E-state index >= 15 is 0 Å². The molecule has 0 radical (unpaired) electrons. The number of hydrogen-bond donors (Lipinski definition) is 0. The molecule has 0 unspecified atom stereocenters. The molecule has 0 N–H and O–H groups in total. The van der Waals surface area contributed by atoms with Gasteiger partial charge in [-0.15, -0.1) is 0 Å². The first kappa shape index (κ1) is 21.2. The Hall–Kier alpha value is 1.18. The van der Waals surface area contributed by atoms with Crippen LogP contribution in [0.3, 0.4) is 0 Å². The van der Waals surface area contributed by atoms with E-state index in [9.17, 15) is 8.78 Å². The summed E-state index contributed by atoms with van der Waals surface area (Å²) in [6.07, 6.45) is 0. The monoisotopic (exact) mass is 688 g/mol. The van der Waals surface area contributed by atoms with Gasteiger partial charge < -0.3 is 0 Å². The van der Waals surface area contributed by atoms with E-state index in [1.54, 1.807) is 12.1 Å². The van der Waals surface area contributed by atoms with E-state index < -0.39 is 6.67 Å². The summed E-state index contributed by atoms with van der Waals surface area (Å²) in [5.41, 5.74) is 1.64. The van der Waals surface area contributed by atoms with Crippen LogP contribution < -0.4 is 0 Å². The summed E-state index contributed by atoms with van der Waals surface area (Å²) in [6, 6.07) is 5.29. The van der Waals surface area contributed by atoms with Gasteiger partial charge in [0.25, 0.3) is 0 Å². The molecule has 120 valence electrons. The molecule has 0 atom stereocenters. The first-order chi connectivity index (χ1) is 10.2. The van der Waals surface area contributed by atoms with Crippen LogP contribution in [0.2, 0.25) is 0 Å². The van der Waals surface area contributed by atoms with E-state index in [1.807, 2.05) is 13.0 Å². The molecule has 2 rings (SSSR count). The Labute approximate surface area is 178 Å². The third kappa shape index (κ3) is 5.62. The molecule has 0 aliphatic heterocycles. The Balaban J connectivity index is 0.000000220. The summed E-state index contributed by atoms with van der Waals surface area (Å²) in [7, 11) is 0. The van der Waals surface area contributed by atoms with Gasteiger partial charge in [-0.05, 0) is 116 Å². The molecule has 0 saturated carbocycles. The van der Waals surface area contributed by atoms with Crippen LogP contribution in [0.4, 0.5) is 8.78 Å². The van der Waals surface area contributed by atoms with Crippen LogP contribution in [-0.2, 0) is 6.67 Å². The van der Waals surface area contributed by atoms with E-state index in [4.69, 9.17) is 0 Å². The van der Waals surface area contributed by atoms with Crippen molar-refractivity contribution in [1.82, 2.24) is 0 Å². The van der Waals surface area contributed by atoms with E-state index in [0.29, 0.717) is 14.5 Å². The van der Waals surface area contributed by atoms with E-state index in [-0.39, 0.29) is 5.82 Å². The van der Waals surface area contributed by atoms with E-state index in [2.05, 4.69) is 95.6 Å². The molecule has 0 spiro atoms. The largest absolute Gasteiger partial charge is 0.246 e. The summed E-state index contributed by atoms with van der Waals surface area (Å²) < 4.78 is 29.6. The average Bonchev–Trinajstić information content (AvgIpc) is 2.47. The normalized spacial score (nSPS) is 10.2. The summed E-state index contributed by atoms with van der Waals surface area (Å²) >= 11 is 19.3. The van der Waals surface area contributed by atoms with Crippen molar-refractivity contribution in [2.45, 2.75) is 13.6 Å². The Morgan fingerprint density at radius 3 is 1.86 bits per heavy atom. The van der Waals surface area contributed by atoms with Gasteiger partial charge in [0.15, 0.2) is 5.82 Å². The molecule has 0 saturated heterocycles. The minimum absolute atomic E-state index is 0.275. The highest BCUT2D eigenvalue weighted by atomic mass is 79.9. The summed E-state index contributed by atoms with van der Waals surface area (Å²) in [4.78, 5) is 0. The second-order valence-corrected chi connectivity index (χ2v) is 9.11. The van der Waals surface area contributed by atoms with Gasteiger partial charge in [0, 0.05) is 17.9 Å². The lowest BCUT2D eigenvalue weighted by Crippen LogP contribution is -1.85. The summed E-state index contributed by atoms with van der Waals surface area (Å²) in [5.74, 6) is -0.275. The zero-order valence-electron chi connectivity index (χ0n) is 11.0. The van der Waals surface area contributed by atoms with Crippen molar-refractivity contribution in [3.05, 3.63) is 62.0 Å². The second kappa shape index (κ2) is 9.61. The Kier molecular flexibility index (Phi) is 9.27. The van der Waals surface area contributed by atoms with Gasteiger partial charge in [-0.1, -0.05) is 15.9 Å². The molecular weight excluding hydrogens is 686 g/mol. The zero-order valence-corrected chi connectivity index (χ0v) is 20.5. The lowest BCUT2D eigenvalue weighted by Gasteiger charge is -2.03. The van der Waals surface area contributed by atoms with Crippen LogP contribution in [0.15, 0.2) is 45.0 Å². The van der Waals surface area contributed by atoms with Gasteiger partial charge in [-0.3, -0.25) is 0 Å². The molecule has 0 aromatic heterocycles. The van der Waals surface area contributed by atoms with Crippen LogP contribution in [-0.4, -0.2) is 0 Å². The Morgan fingerprint density at radius 1 is 0.773 bits per heavy atom. The highest BCUT2D eigenvalue weighted by Gasteiger charge is 2.10. The molecule has 0 amide bonds. The lowest BCUT2D eigenvalue weighted by atomic mass is 10.2. The lowest BCUT2D eigenvalue weighted by molar-refractivity contribution is 0.483. The number of halogens is 8. The average molecular weight is 694 g/mol. The number of aryl methyl sites for hydroxylation is 1. The third-order valence-corrected chi connectivity index (χ3v) is 7.98. The Bertz CT molecular complexity index is 662. The van der Waals surface area contributed by atoms with Crippen LogP contribution in [0.25, 0.3) is 0 Å². The van der Waals surface area contributed by atoms with Gasteiger partial charge in [0.1, 0.15) is 6.67 Å². The topological polar surface area (TPSA) is 0 Å². The van der Waals surface area contributed by atoms with Crippen molar-refractivity contribution in [3.63, 3.8) is 0 Å². The molecular formula is C14H8Br6F2. The predicted octanol–water partition coefficient (Wildman–Crippen LogP) is 8.87. The first-order valence-corrected chi connectivity index (χ1v) is 10.4. The van der Waals surface area contributed by atoms with Crippen molar-refractivity contribution in [1.29, 1.82) is 0 Å². The van der Waals surface area contributed by atoms with Crippen LogP contribution >= 0.6 is 95.6 Å². The fourth-order valence-electron chi connectivity index (χ4n) is 1.36. The maximum Gasteiger partial charge on any atom is 0.152 e. The molecule has 22 heavy (non-hydrogen) atoms. The second-order valence-electron chi connectivity index (χ2n) is 4.11. The van der Waals surface area contributed by atoms with Crippen molar-refractivity contribution in [3.8, 4) is 0 Å². The molecule has 0 aliphatic carbocycles. The molecule has 2 aromatic rings. The third-order valence-electron chi connectivity index (χ3n) is 2.52. The minimum Gasteiger partial charge on any atom is -0.246 e. The van der Waals surface area contributed by atoms with Crippen molar-refractivity contribution in [2.75, 3.05) is 0 Å². The van der Waals surface area contributed by atoms with Crippen LogP contribution in [0.5, 0.6) is 0 Å².